The van der Waals surface area contributed by atoms with Crippen LogP contribution >= 0.6 is 0 Å². The van der Waals surface area contributed by atoms with Crippen LogP contribution in [0.4, 0.5) is 0 Å². The van der Waals surface area contributed by atoms with Gasteiger partial charge >= 0.3 is 5.97 Å². The maximum atomic E-state index is 14.3. The fourth-order valence-corrected chi connectivity index (χ4v) is 9.62. The summed E-state index contributed by atoms with van der Waals surface area (Å²) in [6, 6.07) is 14.0. The van der Waals surface area contributed by atoms with E-state index in [0.717, 1.165) is 48.4 Å². The lowest BCUT2D eigenvalue weighted by Crippen LogP contribution is -2.58. The van der Waals surface area contributed by atoms with Crippen molar-refractivity contribution in [3.05, 3.63) is 59.7 Å². The van der Waals surface area contributed by atoms with Crippen molar-refractivity contribution in [1.82, 2.24) is 0 Å². The zero-order valence-electron chi connectivity index (χ0n) is 24.5. The number of hydrogen-bond donors (Lipinski definition) is 0. The maximum Gasteiger partial charge on any atom is 0.343 e. The number of Topliss-reactive ketones (excluding diaryl/α,β-unsaturated/α-hetero) is 1. The van der Waals surface area contributed by atoms with E-state index in [1.54, 1.807) is 14.0 Å². The number of fused-ring (bicyclic) bond motifs is 6. The molecular weight excluding hydrogens is 500 g/mol. The van der Waals surface area contributed by atoms with E-state index in [9.17, 15) is 14.4 Å². The van der Waals surface area contributed by atoms with Crippen LogP contribution in [0.3, 0.4) is 0 Å². The number of ketones is 2. The van der Waals surface area contributed by atoms with Gasteiger partial charge < -0.3 is 9.47 Å². The van der Waals surface area contributed by atoms with Gasteiger partial charge in [-0.3, -0.25) is 9.59 Å². The molecule has 0 amide bonds. The molecule has 0 spiro atoms. The average molecular weight is 543 g/mol. The van der Waals surface area contributed by atoms with E-state index in [1.807, 2.05) is 55.5 Å². The van der Waals surface area contributed by atoms with Gasteiger partial charge in [0.25, 0.3) is 0 Å². The summed E-state index contributed by atoms with van der Waals surface area (Å²) in [4.78, 5) is 39.6. The minimum atomic E-state index is -1.29. The van der Waals surface area contributed by atoms with E-state index >= 15 is 0 Å². The quantitative estimate of drug-likeness (QED) is 0.382. The minimum Gasteiger partial charge on any atom is -0.460 e. The molecule has 0 saturated heterocycles. The molecule has 2 aromatic rings. The topological polar surface area (TPSA) is 69.7 Å². The highest BCUT2D eigenvalue weighted by molar-refractivity contribution is 5.93. The SMILES string of the molecule is COC(C)(C(=O)O[C@@H]1C[C@]2(C)[C@@H](C(C)=O)CC[C@H]2[C@@H]2CCC3=CC(=O)CC[C@]3(C)[C@H]21)c1cccc2ccccc12. The zero-order valence-corrected chi connectivity index (χ0v) is 24.5. The first-order valence-electron chi connectivity index (χ1n) is 15.0. The van der Waals surface area contributed by atoms with Crippen molar-refractivity contribution in [1.29, 1.82) is 0 Å². The summed E-state index contributed by atoms with van der Waals surface area (Å²) >= 11 is 0. The number of carbonyl (C=O) groups excluding carboxylic acids is 3. The molecule has 6 rings (SSSR count). The number of hydrogen-bond acceptors (Lipinski definition) is 5. The molecule has 5 heteroatoms. The number of esters is 1. The molecule has 2 aromatic carbocycles. The van der Waals surface area contributed by atoms with Gasteiger partial charge in [0.05, 0.1) is 0 Å². The van der Waals surface area contributed by atoms with Crippen LogP contribution < -0.4 is 0 Å². The molecule has 0 aromatic heterocycles. The Labute approximate surface area is 237 Å². The van der Waals surface area contributed by atoms with Gasteiger partial charge in [-0.1, -0.05) is 61.9 Å². The Kier molecular flexibility index (Phi) is 6.61. The molecule has 0 radical (unpaired) electrons. The molecule has 0 bridgehead atoms. The molecule has 0 N–H and O–H groups in total. The lowest BCUT2D eigenvalue weighted by molar-refractivity contribution is -0.196. The van der Waals surface area contributed by atoms with Crippen LogP contribution in [0.1, 0.15) is 78.2 Å². The Hall–Kier alpha value is -2.79. The Balaban J connectivity index is 1.42. The largest absolute Gasteiger partial charge is 0.460 e. The van der Waals surface area contributed by atoms with Gasteiger partial charge in [0, 0.05) is 30.9 Å². The van der Waals surface area contributed by atoms with Crippen LogP contribution in [-0.2, 0) is 29.5 Å². The van der Waals surface area contributed by atoms with Gasteiger partial charge in [-0.25, -0.2) is 4.79 Å². The Morgan fingerprint density at radius 2 is 1.75 bits per heavy atom. The molecule has 1 unspecified atom stereocenters. The van der Waals surface area contributed by atoms with Crippen LogP contribution in [0.15, 0.2) is 54.1 Å². The smallest absolute Gasteiger partial charge is 0.343 e. The van der Waals surface area contributed by atoms with E-state index in [4.69, 9.17) is 9.47 Å². The minimum absolute atomic E-state index is 0.00999. The fourth-order valence-electron chi connectivity index (χ4n) is 9.62. The van der Waals surface area contributed by atoms with Gasteiger partial charge in [0.15, 0.2) is 11.4 Å². The number of methoxy groups -OCH3 is 1. The summed E-state index contributed by atoms with van der Waals surface area (Å²) < 4.78 is 12.7. The van der Waals surface area contributed by atoms with E-state index in [1.165, 1.54) is 5.57 Å². The predicted octanol–water partition coefficient (Wildman–Crippen LogP) is 6.96. The molecule has 40 heavy (non-hydrogen) atoms. The molecule has 4 aliphatic carbocycles. The fraction of sp³-hybridized carbons (Fsp3) is 0.571. The summed E-state index contributed by atoms with van der Waals surface area (Å²) in [7, 11) is 1.57. The van der Waals surface area contributed by atoms with Crippen molar-refractivity contribution in [3.8, 4) is 0 Å². The first-order chi connectivity index (χ1) is 19.0. The second-order valence-corrected chi connectivity index (χ2v) is 13.5. The predicted molar refractivity (Wildman–Crippen MR) is 154 cm³/mol. The first-order valence-corrected chi connectivity index (χ1v) is 15.0. The van der Waals surface area contributed by atoms with Crippen LogP contribution in [-0.4, -0.2) is 30.7 Å². The third kappa shape index (κ3) is 3.94. The van der Waals surface area contributed by atoms with Gasteiger partial charge in [0.1, 0.15) is 11.9 Å². The maximum absolute atomic E-state index is 14.3. The first kappa shape index (κ1) is 27.4. The lowest BCUT2D eigenvalue weighted by atomic mass is 9.46. The normalized spacial score (nSPS) is 36.6. The second-order valence-electron chi connectivity index (χ2n) is 13.5. The van der Waals surface area contributed by atoms with Crippen molar-refractivity contribution in [2.45, 2.75) is 84.3 Å². The standard InChI is InChI=1S/C35H42O5/c1-21(36)27-15-16-28-26-14-13-23-19-24(37)17-18-33(23,2)31(26)30(20-34(27,28)3)40-32(38)35(4,39-5)29-12-8-10-22-9-6-7-11-25(22)29/h6-12,19,26-28,30-31H,13-18,20H2,1-5H3/t26-,27+,28-,30+,31+,33-,34+,35?/m0/s1. The van der Waals surface area contributed by atoms with E-state index in [-0.39, 0.29) is 46.3 Å². The van der Waals surface area contributed by atoms with Crippen LogP contribution in [0.5, 0.6) is 0 Å². The molecule has 0 heterocycles. The molecule has 0 aliphatic heterocycles. The van der Waals surface area contributed by atoms with Gasteiger partial charge in [-0.15, -0.1) is 0 Å². The zero-order chi connectivity index (χ0) is 28.4. The molecular formula is C35H42O5. The van der Waals surface area contributed by atoms with E-state index in [0.29, 0.717) is 24.7 Å². The molecule has 3 saturated carbocycles. The number of allylic oxidation sites excluding steroid dienone is 1. The summed E-state index contributed by atoms with van der Waals surface area (Å²) in [5.74, 6) is 0.941. The number of rotatable bonds is 5. The summed E-state index contributed by atoms with van der Waals surface area (Å²) in [5, 5.41) is 2.01. The molecule has 8 atom stereocenters. The summed E-state index contributed by atoms with van der Waals surface area (Å²) in [6.07, 6.45) is 7.36. The van der Waals surface area contributed by atoms with Gasteiger partial charge in [0.2, 0.25) is 0 Å². The van der Waals surface area contributed by atoms with Crippen molar-refractivity contribution in [2.24, 2.45) is 34.5 Å². The highest BCUT2D eigenvalue weighted by atomic mass is 16.6. The molecule has 3 fully saturated rings. The van der Waals surface area contributed by atoms with Crippen LogP contribution in [0.2, 0.25) is 0 Å². The Morgan fingerprint density at radius 1 is 1.00 bits per heavy atom. The summed E-state index contributed by atoms with van der Waals surface area (Å²) in [6.45, 7) is 8.10. The van der Waals surface area contributed by atoms with Crippen molar-refractivity contribution in [3.63, 3.8) is 0 Å². The number of ether oxygens (including phenoxy) is 2. The molecule has 5 nitrogen and oxygen atoms in total. The van der Waals surface area contributed by atoms with E-state index in [2.05, 4.69) is 13.8 Å². The lowest BCUT2D eigenvalue weighted by Gasteiger charge is -2.60. The van der Waals surface area contributed by atoms with Crippen LogP contribution in [0.25, 0.3) is 10.8 Å². The second kappa shape index (κ2) is 9.65. The Bertz CT molecular complexity index is 1400. The number of carbonyl (C=O) groups is 3. The molecule has 4 aliphatic rings. The summed E-state index contributed by atoms with van der Waals surface area (Å²) in [5.41, 5.74) is 0.319. The highest BCUT2D eigenvalue weighted by Crippen LogP contribution is 2.67. The highest BCUT2D eigenvalue weighted by Gasteiger charge is 2.64. The monoisotopic (exact) mass is 542 g/mol. The van der Waals surface area contributed by atoms with Crippen molar-refractivity contribution in [2.75, 3.05) is 7.11 Å². The average Bonchev–Trinajstić information content (AvgIpc) is 3.29. The van der Waals surface area contributed by atoms with Crippen LogP contribution in [0, 0.1) is 34.5 Å². The Morgan fingerprint density at radius 3 is 2.50 bits per heavy atom. The van der Waals surface area contributed by atoms with E-state index < -0.39 is 5.60 Å². The number of benzene rings is 2. The third-order valence-corrected chi connectivity index (χ3v) is 11.7. The van der Waals surface area contributed by atoms with Gasteiger partial charge in [-0.05, 0) is 91.9 Å². The van der Waals surface area contributed by atoms with Crippen molar-refractivity contribution < 1.29 is 23.9 Å². The molecule has 212 valence electrons. The third-order valence-electron chi connectivity index (χ3n) is 11.7. The van der Waals surface area contributed by atoms with Crippen molar-refractivity contribution >= 4 is 28.3 Å². The van der Waals surface area contributed by atoms with Gasteiger partial charge in [-0.2, -0.15) is 0 Å².